The molecule has 2 saturated heterocycles. The molecule has 0 radical (unpaired) electrons. The van der Waals surface area contributed by atoms with E-state index in [0.29, 0.717) is 18.7 Å². The second-order valence-electron chi connectivity index (χ2n) is 6.77. The molecular formula is C17H22N2O4S. The summed E-state index contributed by atoms with van der Waals surface area (Å²) in [5.41, 5.74) is 2.58. The molecule has 1 aromatic rings. The van der Waals surface area contributed by atoms with E-state index in [9.17, 15) is 18.0 Å². The smallest absolute Gasteiger partial charge is 0.254 e. The number of sulfone groups is 1. The number of amides is 2. The second-order valence-corrected chi connectivity index (χ2v) is 9.05. The zero-order chi connectivity index (χ0) is 17.7. The van der Waals surface area contributed by atoms with Crippen LogP contribution in [0.3, 0.4) is 0 Å². The Morgan fingerprint density at radius 2 is 1.79 bits per heavy atom. The summed E-state index contributed by atoms with van der Waals surface area (Å²) in [5.74, 6) is -0.853. The standard InChI is InChI=1S/C17H22N2O4S/c1-12-4-5-13(2)14(10-12)16(21)19-8-6-17(7-9-19)18(3)15(20)11-24(17,22)23/h4-5,10H,6-9,11H2,1-3H3. The lowest BCUT2D eigenvalue weighted by molar-refractivity contribution is -0.129. The minimum Gasteiger partial charge on any atom is -0.338 e. The van der Waals surface area contributed by atoms with Gasteiger partial charge in [0.1, 0.15) is 10.6 Å². The Morgan fingerprint density at radius 3 is 2.33 bits per heavy atom. The number of carbonyl (C=O) groups excluding carboxylic acids is 2. The molecule has 1 spiro atoms. The van der Waals surface area contributed by atoms with E-state index in [4.69, 9.17) is 0 Å². The van der Waals surface area contributed by atoms with E-state index in [1.54, 1.807) is 11.9 Å². The zero-order valence-corrected chi connectivity index (χ0v) is 15.0. The second kappa shape index (κ2) is 5.58. The molecule has 2 fully saturated rings. The highest BCUT2D eigenvalue weighted by molar-refractivity contribution is 7.93. The van der Waals surface area contributed by atoms with Gasteiger partial charge >= 0.3 is 0 Å². The summed E-state index contributed by atoms with van der Waals surface area (Å²) in [7, 11) is -1.95. The summed E-state index contributed by atoms with van der Waals surface area (Å²) >= 11 is 0. The molecule has 2 aliphatic heterocycles. The van der Waals surface area contributed by atoms with Crippen LogP contribution in [0.25, 0.3) is 0 Å². The first-order valence-electron chi connectivity index (χ1n) is 8.03. The highest BCUT2D eigenvalue weighted by Crippen LogP contribution is 2.39. The molecule has 2 aliphatic rings. The molecule has 3 rings (SSSR count). The van der Waals surface area contributed by atoms with E-state index in [2.05, 4.69) is 0 Å². The van der Waals surface area contributed by atoms with E-state index in [1.807, 2.05) is 32.0 Å². The third-order valence-electron chi connectivity index (χ3n) is 5.33. The molecule has 2 heterocycles. The number of nitrogens with zero attached hydrogens (tertiary/aromatic N) is 2. The first kappa shape index (κ1) is 17.0. The molecule has 24 heavy (non-hydrogen) atoms. The lowest BCUT2D eigenvalue weighted by Crippen LogP contribution is -2.55. The van der Waals surface area contributed by atoms with Crippen LogP contribution in [0.4, 0.5) is 0 Å². The van der Waals surface area contributed by atoms with E-state index in [0.717, 1.165) is 11.1 Å². The number of benzene rings is 1. The zero-order valence-electron chi connectivity index (χ0n) is 14.2. The Balaban J connectivity index is 1.82. The van der Waals surface area contributed by atoms with Crippen molar-refractivity contribution in [1.29, 1.82) is 0 Å². The summed E-state index contributed by atoms with van der Waals surface area (Å²) in [6, 6.07) is 5.74. The SMILES string of the molecule is Cc1ccc(C)c(C(=O)N2CCC3(CC2)N(C)C(=O)CS3(=O)=O)c1. The topological polar surface area (TPSA) is 74.8 Å². The first-order chi connectivity index (χ1) is 11.2. The van der Waals surface area contributed by atoms with Gasteiger partial charge < -0.3 is 9.80 Å². The molecule has 0 aromatic heterocycles. The highest BCUT2D eigenvalue weighted by Gasteiger charge is 2.57. The van der Waals surface area contributed by atoms with Crippen LogP contribution in [0.1, 0.15) is 34.3 Å². The lowest BCUT2D eigenvalue weighted by atomic mass is 9.99. The van der Waals surface area contributed by atoms with Crippen molar-refractivity contribution in [2.75, 3.05) is 25.9 Å². The van der Waals surface area contributed by atoms with Gasteiger partial charge in [-0.05, 0) is 25.5 Å². The Labute approximate surface area is 142 Å². The molecule has 1 aromatic carbocycles. The van der Waals surface area contributed by atoms with Gasteiger partial charge in [-0.15, -0.1) is 0 Å². The van der Waals surface area contributed by atoms with Crippen LogP contribution in [-0.2, 0) is 14.6 Å². The summed E-state index contributed by atoms with van der Waals surface area (Å²) in [6.07, 6.45) is 0.544. The predicted octanol–water partition coefficient (Wildman–Crippen LogP) is 1.12. The summed E-state index contributed by atoms with van der Waals surface area (Å²) in [6.45, 7) is 4.51. The van der Waals surface area contributed by atoms with Crippen molar-refractivity contribution in [3.63, 3.8) is 0 Å². The van der Waals surface area contributed by atoms with Crippen LogP contribution >= 0.6 is 0 Å². The fourth-order valence-corrected chi connectivity index (χ4v) is 5.78. The molecule has 130 valence electrons. The Kier molecular flexibility index (Phi) is 3.94. The number of hydrogen-bond donors (Lipinski definition) is 0. The normalized spacial score (nSPS) is 22.2. The molecule has 2 amide bonds. The van der Waals surface area contributed by atoms with Gasteiger partial charge in [-0.3, -0.25) is 9.59 Å². The fraction of sp³-hybridized carbons (Fsp3) is 0.529. The predicted molar refractivity (Wildman–Crippen MR) is 90.3 cm³/mol. The van der Waals surface area contributed by atoms with Gasteiger partial charge in [0, 0.05) is 38.5 Å². The monoisotopic (exact) mass is 350 g/mol. The minimum absolute atomic E-state index is 0.0737. The Bertz CT molecular complexity index is 808. The quantitative estimate of drug-likeness (QED) is 0.761. The number of hydrogen-bond acceptors (Lipinski definition) is 4. The summed E-state index contributed by atoms with van der Waals surface area (Å²) in [5, 5.41) is 0. The molecule has 0 unspecified atom stereocenters. The van der Waals surface area contributed by atoms with Crippen molar-refractivity contribution >= 4 is 21.7 Å². The first-order valence-corrected chi connectivity index (χ1v) is 9.69. The third kappa shape index (κ3) is 2.42. The Hall–Kier alpha value is -1.89. The minimum atomic E-state index is -3.50. The maximum Gasteiger partial charge on any atom is 0.254 e. The molecule has 0 bridgehead atoms. The van der Waals surface area contributed by atoms with Gasteiger partial charge in [0.2, 0.25) is 5.91 Å². The van der Waals surface area contributed by atoms with Gasteiger partial charge in [-0.25, -0.2) is 8.42 Å². The number of piperidine rings is 1. The summed E-state index contributed by atoms with van der Waals surface area (Å²) in [4.78, 5) is 26.5. The van der Waals surface area contributed by atoms with Gasteiger partial charge in [-0.1, -0.05) is 17.7 Å². The Morgan fingerprint density at radius 1 is 1.17 bits per heavy atom. The third-order valence-corrected chi connectivity index (χ3v) is 7.80. The molecule has 0 N–H and O–H groups in total. The van der Waals surface area contributed by atoms with Crippen molar-refractivity contribution < 1.29 is 18.0 Å². The average molecular weight is 350 g/mol. The lowest BCUT2D eigenvalue weighted by Gasteiger charge is -2.42. The van der Waals surface area contributed by atoms with Gasteiger partial charge in [0.05, 0.1) is 0 Å². The summed E-state index contributed by atoms with van der Waals surface area (Å²) < 4.78 is 24.9. The number of rotatable bonds is 1. The number of aryl methyl sites for hydroxylation is 2. The number of carbonyl (C=O) groups is 2. The van der Waals surface area contributed by atoms with Crippen LogP contribution in [-0.4, -0.2) is 60.8 Å². The van der Waals surface area contributed by atoms with Crippen molar-refractivity contribution in [1.82, 2.24) is 9.80 Å². The van der Waals surface area contributed by atoms with Crippen LogP contribution in [0.15, 0.2) is 18.2 Å². The van der Waals surface area contributed by atoms with Crippen molar-refractivity contribution in [3.8, 4) is 0 Å². The highest BCUT2D eigenvalue weighted by atomic mass is 32.2. The number of likely N-dealkylation sites (tertiary alicyclic amines) is 1. The van der Waals surface area contributed by atoms with Crippen LogP contribution in [0.2, 0.25) is 0 Å². The largest absolute Gasteiger partial charge is 0.338 e. The molecular weight excluding hydrogens is 328 g/mol. The van der Waals surface area contributed by atoms with E-state index in [-0.39, 0.29) is 24.7 Å². The van der Waals surface area contributed by atoms with Crippen LogP contribution in [0, 0.1) is 13.8 Å². The van der Waals surface area contributed by atoms with Gasteiger partial charge in [-0.2, -0.15) is 0 Å². The molecule has 0 atom stereocenters. The molecule has 0 aliphatic carbocycles. The van der Waals surface area contributed by atoms with Gasteiger partial charge in [0.25, 0.3) is 5.91 Å². The maximum absolute atomic E-state index is 12.8. The van der Waals surface area contributed by atoms with Crippen LogP contribution < -0.4 is 0 Å². The van der Waals surface area contributed by atoms with Crippen molar-refractivity contribution in [2.24, 2.45) is 0 Å². The maximum atomic E-state index is 12.8. The molecule has 7 heteroatoms. The van der Waals surface area contributed by atoms with Gasteiger partial charge in [0.15, 0.2) is 9.84 Å². The van der Waals surface area contributed by atoms with Crippen molar-refractivity contribution in [3.05, 3.63) is 34.9 Å². The average Bonchev–Trinajstić information content (AvgIpc) is 2.70. The fourth-order valence-electron chi connectivity index (χ4n) is 3.67. The van der Waals surface area contributed by atoms with E-state index >= 15 is 0 Å². The van der Waals surface area contributed by atoms with Crippen molar-refractivity contribution in [2.45, 2.75) is 31.6 Å². The van der Waals surface area contributed by atoms with Crippen LogP contribution in [0.5, 0.6) is 0 Å². The molecule has 0 saturated carbocycles. The molecule has 6 nitrogen and oxygen atoms in total. The van der Waals surface area contributed by atoms with E-state index < -0.39 is 20.5 Å². The van der Waals surface area contributed by atoms with E-state index in [1.165, 1.54) is 4.90 Å².